The Labute approximate surface area is 141 Å². The second kappa shape index (κ2) is 9.07. The molecule has 1 saturated heterocycles. The van der Waals surface area contributed by atoms with Gasteiger partial charge >= 0.3 is 0 Å². The number of guanidine groups is 1. The summed E-state index contributed by atoms with van der Waals surface area (Å²) in [6.45, 7) is 9.44. The molecule has 1 heterocycles. The Morgan fingerprint density at radius 3 is 2.65 bits per heavy atom. The molecule has 2 aliphatic rings. The lowest BCUT2D eigenvalue weighted by Gasteiger charge is -2.34. The smallest absolute Gasteiger partial charge is 0.191 e. The largest absolute Gasteiger partial charge is 0.356 e. The van der Waals surface area contributed by atoms with Gasteiger partial charge in [0.15, 0.2) is 5.96 Å². The van der Waals surface area contributed by atoms with Crippen molar-refractivity contribution in [1.82, 2.24) is 15.5 Å². The zero-order valence-electron chi connectivity index (χ0n) is 13.2. The van der Waals surface area contributed by atoms with Crippen molar-refractivity contribution in [2.24, 2.45) is 16.8 Å². The van der Waals surface area contributed by atoms with Crippen LogP contribution in [-0.2, 0) is 0 Å². The second-order valence-corrected chi connectivity index (χ2v) is 6.53. The first kappa shape index (κ1) is 18.0. The Balaban J connectivity index is 0.00000200. The molecule has 1 unspecified atom stereocenters. The van der Waals surface area contributed by atoms with Gasteiger partial charge in [0.2, 0.25) is 0 Å². The summed E-state index contributed by atoms with van der Waals surface area (Å²) in [5.41, 5.74) is 0. The molecular formula is C15H31IN4. The molecule has 2 fully saturated rings. The number of nitrogens with zero attached hydrogens (tertiary/aromatic N) is 2. The van der Waals surface area contributed by atoms with Gasteiger partial charge in [0.25, 0.3) is 0 Å². The first-order valence-electron chi connectivity index (χ1n) is 7.87. The Kier molecular flexibility index (Phi) is 8.17. The van der Waals surface area contributed by atoms with Crippen LogP contribution in [-0.4, -0.2) is 50.1 Å². The second-order valence-electron chi connectivity index (χ2n) is 6.53. The van der Waals surface area contributed by atoms with E-state index < -0.39 is 0 Å². The molecule has 0 aromatic heterocycles. The average molecular weight is 394 g/mol. The Bertz CT molecular complexity index is 302. The summed E-state index contributed by atoms with van der Waals surface area (Å²) in [6, 6.07) is 0.676. The van der Waals surface area contributed by atoms with E-state index in [9.17, 15) is 0 Å². The van der Waals surface area contributed by atoms with Crippen LogP contribution in [0.3, 0.4) is 0 Å². The van der Waals surface area contributed by atoms with Crippen molar-refractivity contribution in [3.05, 3.63) is 0 Å². The van der Waals surface area contributed by atoms with Gasteiger partial charge < -0.3 is 15.5 Å². The van der Waals surface area contributed by atoms with Crippen molar-refractivity contribution in [3.63, 3.8) is 0 Å². The summed E-state index contributed by atoms with van der Waals surface area (Å²) in [7, 11) is 1.86. The van der Waals surface area contributed by atoms with Gasteiger partial charge in [-0.1, -0.05) is 13.8 Å². The molecule has 0 spiro atoms. The van der Waals surface area contributed by atoms with Crippen LogP contribution in [0.15, 0.2) is 4.99 Å². The molecule has 0 bridgehead atoms. The normalized spacial score (nSPS) is 24.4. The molecule has 5 heteroatoms. The van der Waals surface area contributed by atoms with Crippen LogP contribution in [0.1, 0.15) is 39.5 Å². The molecule has 1 aliphatic heterocycles. The number of hydrogen-bond donors (Lipinski definition) is 2. The van der Waals surface area contributed by atoms with Crippen LogP contribution in [0.2, 0.25) is 0 Å². The van der Waals surface area contributed by atoms with Gasteiger partial charge in [-0.25, -0.2) is 0 Å². The molecular weight excluding hydrogens is 363 g/mol. The van der Waals surface area contributed by atoms with Gasteiger partial charge in [-0.2, -0.15) is 0 Å². The zero-order chi connectivity index (χ0) is 13.7. The maximum Gasteiger partial charge on any atom is 0.191 e. The molecule has 1 atom stereocenters. The maximum absolute atomic E-state index is 4.30. The van der Waals surface area contributed by atoms with Crippen LogP contribution in [0.4, 0.5) is 0 Å². The number of aliphatic imine (C=N–C) groups is 1. The van der Waals surface area contributed by atoms with E-state index in [1.54, 1.807) is 0 Å². The number of likely N-dealkylation sites (tertiary alicyclic amines) is 1. The Hall–Kier alpha value is -0.0400. The van der Waals surface area contributed by atoms with Gasteiger partial charge in [-0.05, 0) is 44.1 Å². The van der Waals surface area contributed by atoms with Crippen molar-refractivity contribution in [2.75, 3.05) is 33.2 Å². The Morgan fingerprint density at radius 1 is 1.30 bits per heavy atom. The summed E-state index contributed by atoms with van der Waals surface area (Å²) >= 11 is 0. The molecule has 2 N–H and O–H groups in total. The minimum absolute atomic E-state index is 0. The molecule has 2 rings (SSSR count). The molecule has 1 saturated carbocycles. The van der Waals surface area contributed by atoms with Crippen molar-refractivity contribution in [1.29, 1.82) is 0 Å². The number of hydrogen-bond acceptors (Lipinski definition) is 2. The molecule has 1 aliphatic carbocycles. The van der Waals surface area contributed by atoms with E-state index in [4.69, 9.17) is 0 Å². The van der Waals surface area contributed by atoms with Gasteiger partial charge in [-0.3, -0.25) is 4.99 Å². The summed E-state index contributed by atoms with van der Waals surface area (Å²) in [5.74, 6) is 2.53. The first-order chi connectivity index (χ1) is 9.17. The summed E-state index contributed by atoms with van der Waals surface area (Å²) in [6.07, 6.45) is 5.29. The number of piperidine rings is 1. The minimum atomic E-state index is 0. The van der Waals surface area contributed by atoms with Gasteiger partial charge in [0.1, 0.15) is 0 Å². The monoisotopic (exact) mass is 394 g/mol. The highest BCUT2D eigenvalue weighted by Crippen LogP contribution is 2.19. The quantitative estimate of drug-likeness (QED) is 0.427. The number of nitrogens with one attached hydrogen (secondary N) is 2. The van der Waals surface area contributed by atoms with Crippen LogP contribution >= 0.6 is 24.0 Å². The van der Waals surface area contributed by atoms with Crippen LogP contribution < -0.4 is 10.6 Å². The fraction of sp³-hybridized carbons (Fsp3) is 0.933. The number of rotatable bonds is 5. The SMILES string of the molecule is CN=C(NCC1CCCN(CC(C)C)C1)NC1CC1.I. The third-order valence-corrected chi connectivity index (χ3v) is 3.93. The minimum Gasteiger partial charge on any atom is -0.356 e. The first-order valence-corrected chi connectivity index (χ1v) is 7.87. The fourth-order valence-electron chi connectivity index (χ4n) is 2.86. The van der Waals surface area contributed by atoms with Gasteiger partial charge in [0.05, 0.1) is 0 Å². The molecule has 0 radical (unpaired) electrons. The van der Waals surface area contributed by atoms with Crippen molar-refractivity contribution >= 4 is 29.9 Å². The zero-order valence-corrected chi connectivity index (χ0v) is 15.5. The lowest BCUT2D eigenvalue weighted by Crippen LogP contribution is -2.45. The third-order valence-electron chi connectivity index (χ3n) is 3.93. The van der Waals surface area contributed by atoms with Crippen LogP contribution in [0.5, 0.6) is 0 Å². The average Bonchev–Trinajstić information content (AvgIpc) is 3.18. The number of halogens is 1. The molecule has 0 aromatic carbocycles. The van der Waals surface area contributed by atoms with Gasteiger partial charge in [-0.15, -0.1) is 24.0 Å². The molecule has 0 aromatic rings. The highest BCUT2D eigenvalue weighted by atomic mass is 127. The van der Waals surface area contributed by atoms with Crippen LogP contribution in [0.25, 0.3) is 0 Å². The highest BCUT2D eigenvalue weighted by Gasteiger charge is 2.23. The summed E-state index contributed by atoms with van der Waals surface area (Å²) in [4.78, 5) is 6.92. The van der Waals surface area contributed by atoms with Crippen molar-refractivity contribution in [2.45, 2.75) is 45.6 Å². The predicted molar refractivity (Wildman–Crippen MR) is 96.9 cm³/mol. The van der Waals surface area contributed by atoms with Crippen molar-refractivity contribution < 1.29 is 0 Å². The van der Waals surface area contributed by atoms with Crippen LogP contribution in [0, 0.1) is 11.8 Å². The maximum atomic E-state index is 4.30. The van der Waals surface area contributed by atoms with E-state index >= 15 is 0 Å². The van der Waals surface area contributed by atoms with Crippen molar-refractivity contribution in [3.8, 4) is 0 Å². The summed E-state index contributed by atoms with van der Waals surface area (Å²) in [5, 5.41) is 6.95. The summed E-state index contributed by atoms with van der Waals surface area (Å²) < 4.78 is 0. The highest BCUT2D eigenvalue weighted by molar-refractivity contribution is 14.0. The molecule has 20 heavy (non-hydrogen) atoms. The molecule has 118 valence electrons. The van der Waals surface area contributed by atoms with E-state index in [0.717, 1.165) is 24.3 Å². The van der Waals surface area contributed by atoms with E-state index in [1.807, 2.05) is 7.05 Å². The van der Waals surface area contributed by atoms with E-state index in [0.29, 0.717) is 6.04 Å². The molecule has 0 amide bonds. The topological polar surface area (TPSA) is 39.7 Å². The lowest BCUT2D eigenvalue weighted by molar-refractivity contribution is 0.159. The van der Waals surface area contributed by atoms with Gasteiger partial charge in [0, 0.05) is 32.7 Å². The predicted octanol–water partition coefficient (Wildman–Crippen LogP) is 2.30. The van der Waals surface area contributed by atoms with E-state index in [1.165, 1.54) is 45.3 Å². The van der Waals surface area contributed by atoms with E-state index in [2.05, 4.69) is 34.4 Å². The molecule has 4 nitrogen and oxygen atoms in total. The standard InChI is InChI=1S/C15H30N4.HI/c1-12(2)10-19-8-4-5-13(11-19)9-17-15(16-3)18-14-6-7-14;/h12-14H,4-11H2,1-3H3,(H2,16,17,18);1H. The fourth-order valence-corrected chi connectivity index (χ4v) is 2.86. The van der Waals surface area contributed by atoms with E-state index in [-0.39, 0.29) is 24.0 Å². The third kappa shape index (κ3) is 6.61. The lowest BCUT2D eigenvalue weighted by atomic mass is 9.97. The Morgan fingerprint density at radius 2 is 2.05 bits per heavy atom.